The van der Waals surface area contributed by atoms with Crippen LogP contribution in [0.4, 0.5) is 0 Å². The third kappa shape index (κ3) is 2.94. The molecule has 0 aromatic carbocycles. The first-order valence-electron chi connectivity index (χ1n) is 5.84. The van der Waals surface area contributed by atoms with Crippen LogP contribution < -0.4 is 5.32 Å². The lowest BCUT2D eigenvalue weighted by atomic mass is 10.2. The van der Waals surface area contributed by atoms with Gasteiger partial charge in [-0.15, -0.1) is 0 Å². The molecule has 1 heterocycles. The Bertz CT molecular complexity index is 180. The van der Waals surface area contributed by atoms with Crippen molar-refractivity contribution in [3.05, 3.63) is 0 Å². The van der Waals surface area contributed by atoms with Crippen LogP contribution in [-0.2, 0) is 4.74 Å². The summed E-state index contributed by atoms with van der Waals surface area (Å²) in [5.41, 5.74) is 0. The van der Waals surface area contributed by atoms with E-state index in [1.165, 1.54) is 12.8 Å². The summed E-state index contributed by atoms with van der Waals surface area (Å²) in [4.78, 5) is 2.50. The van der Waals surface area contributed by atoms with E-state index in [2.05, 4.69) is 24.1 Å². The third-order valence-corrected chi connectivity index (χ3v) is 3.11. The maximum absolute atomic E-state index is 5.73. The van der Waals surface area contributed by atoms with Crippen LogP contribution in [0.5, 0.6) is 0 Å². The smallest absolute Gasteiger partial charge is 0.0826 e. The zero-order valence-corrected chi connectivity index (χ0v) is 9.33. The van der Waals surface area contributed by atoms with Gasteiger partial charge in [0.25, 0.3) is 0 Å². The van der Waals surface area contributed by atoms with Crippen LogP contribution in [-0.4, -0.2) is 49.3 Å². The second kappa shape index (κ2) is 4.60. The van der Waals surface area contributed by atoms with Crippen LogP contribution in [0, 0.1) is 0 Å². The molecule has 0 radical (unpaired) electrons. The predicted molar refractivity (Wildman–Crippen MR) is 57.5 cm³/mol. The molecule has 2 rings (SSSR count). The maximum atomic E-state index is 5.73. The summed E-state index contributed by atoms with van der Waals surface area (Å²) < 4.78 is 5.73. The van der Waals surface area contributed by atoms with Crippen LogP contribution >= 0.6 is 0 Å². The summed E-state index contributed by atoms with van der Waals surface area (Å²) in [7, 11) is 0. The van der Waals surface area contributed by atoms with E-state index < -0.39 is 0 Å². The molecule has 3 heteroatoms. The highest BCUT2D eigenvalue weighted by molar-refractivity contribution is 4.84. The van der Waals surface area contributed by atoms with Crippen molar-refractivity contribution in [2.75, 3.05) is 26.2 Å². The van der Waals surface area contributed by atoms with E-state index in [1.54, 1.807) is 0 Å². The number of nitrogens with one attached hydrogen (secondary N) is 1. The Hall–Kier alpha value is -0.120. The molecule has 1 atom stereocenters. The van der Waals surface area contributed by atoms with Gasteiger partial charge in [0.1, 0.15) is 0 Å². The Kier molecular flexibility index (Phi) is 3.42. The van der Waals surface area contributed by atoms with Gasteiger partial charge in [0.2, 0.25) is 0 Å². The molecule has 1 N–H and O–H groups in total. The molecule has 82 valence electrons. The van der Waals surface area contributed by atoms with Crippen molar-refractivity contribution >= 4 is 0 Å². The van der Waals surface area contributed by atoms with Crippen molar-refractivity contribution in [1.29, 1.82) is 0 Å². The van der Waals surface area contributed by atoms with Crippen molar-refractivity contribution in [2.45, 2.75) is 44.9 Å². The normalized spacial score (nSPS) is 29.8. The van der Waals surface area contributed by atoms with Crippen molar-refractivity contribution in [3.8, 4) is 0 Å². The van der Waals surface area contributed by atoms with E-state index in [1.807, 2.05) is 0 Å². The van der Waals surface area contributed by atoms with Crippen LogP contribution in [0.15, 0.2) is 0 Å². The van der Waals surface area contributed by atoms with Crippen molar-refractivity contribution < 1.29 is 4.74 Å². The second-order valence-electron chi connectivity index (χ2n) is 4.76. The Balaban J connectivity index is 1.69. The Morgan fingerprint density at radius 3 is 2.86 bits per heavy atom. The van der Waals surface area contributed by atoms with Crippen LogP contribution in [0.25, 0.3) is 0 Å². The van der Waals surface area contributed by atoms with Gasteiger partial charge in [-0.25, -0.2) is 0 Å². The van der Waals surface area contributed by atoms with Crippen LogP contribution in [0.2, 0.25) is 0 Å². The quantitative estimate of drug-likeness (QED) is 0.725. The highest BCUT2D eigenvalue weighted by Gasteiger charge is 2.25. The molecular weight excluding hydrogens is 176 g/mol. The fraction of sp³-hybridized carbons (Fsp3) is 1.00. The lowest BCUT2D eigenvalue weighted by molar-refractivity contribution is -0.0372. The Labute approximate surface area is 86.8 Å². The average Bonchev–Trinajstić information content (AvgIpc) is 2.99. The molecule has 0 spiro atoms. The van der Waals surface area contributed by atoms with Gasteiger partial charge < -0.3 is 10.1 Å². The van der Waals surface area contributed by atoms with E-state index >= 15 is 0 Å². The van der Waals surface area contributed by atoms with E-state index in [-0.39, 0.29) is 0 Å². The van der Waals surface area contributed by atoms with Gasteiger partial charge in [0.15, 0.2) is 0 Å². The summed E-state index contributed by atoms with van der Waals surface area (Å²) in [6, 6.07) is 1.45. The van der Waals surface area contributed by atoms with Gasteiger partial charge >= 0.3 is 0 Å². The standard InChI is InChI=1S/C11H22N2O/c1-9(2)13-5-6-14-11(8-13)7-12-10-3-4-10/h9-12H,3-8H2,1-2H3/t11-/m1/s1. The summed E-state index contributed by atoms with van der Waals surface area (Å²) in [5.74, 6) is 0. The fourth-order valence-electron chi connectivity index (χ4n) is 1.92. The summed E-state index contributed by atoms with van der Waals surface area (Å²) >= 11 is 0. The number of rotatable bonds is 4. The molecule has 1 saturated carbocycles. The molecule has 0 aromatic rings. The molecule has 0 aromatic heterocycles. The lowest BCUT2D eigenvalue weighted by Crippen LogP contribution is -2.49. The minimum atomic E-state index is 0.409. The molecule has 1 saturated heterocycles. The summed E-state index contributed by atoms with van der Waals surface area (Å²) in [6.07, 6.45) is 3.13. The SMILES string of the molecule is CC(C)N1CCO[C@H](CNC2CC2)C1. The molecular formula is C11H22N2O. The van der Waals surface area contributed by atoms with E-state index in [0.717, 1.165) is 32.3 Å². The van der Waals surface area contributed by atoms with Gasteiger partial charge in [-0.2, -0.15) is 0 Å². The van der Waals surface area contributed by atoms with Crippen LogP contribution in [0.1, 0.15) is 26.7 Å². The van der Waals surface area contributed by atoms with Gasteiger partial charge in [-0.05, 0) is 26.7 Å². The molecule has 3 nitrogen and oxygen atoms in total. The zero-order chi connectivity index (χ0) is 9.97. The average molecular weight is 198 g/mol. The van der Waals surface area contributed by atoms with E-state index in [9.17, 15) is 0 Å². The molecule has 1 aliphatic heterocycles. The molecule has 2 fully saturated rings. The van der Waals surface area contributed by atoms with Gasteiger partial charge in [0, 0.05) is 31.7 Å². The van der Waals surface area contributed by atoms with E-state index in [4.69, 9.17) is 4.74 Å². The topological polar surface area (TPSA) is 24.5 Å². The van der Waals surface area contributed by atoms with Gasteiger partial charge in [0.05, 0.1) is 12.7 Å². The Morgan fingerprint density at radius 1 is 1.43 bits per heavy atom. The van der Waals surface area contributed by atoms with Crippen molar-refractivity contribution in [2.24, 2.45) is 0 Å². The number of ether oxygens (including phenoxy) is 1. The largest absolute Gasteiger partial charge is 0.374 e. The first kappa shape index (κ1) is 10.4. The van der Waals surface area contributed by atoms with Gasteiger partial charge in [-0.1, -0.05) is 0 Å². The number of morpholine rings is 1. The predicted octanol–water partition coefficient (Wildman–Crippen LogP) is 0.848. The molecule has 0 bridgehead atoms. The number of hydrogen-bond acceptors (Lipinski definition) is 3. The number of nitrogens with zero attached hydrogens (tertiary/aromatic N) is 1. The fourth-order valence-corrected chi connectivity index (χ4v) is 1.92. The molecule has 0 amide bonds. The van der Waals surface area contributed by atoms with E-state index in [0.29, 0.717) is 12.1 Å². The van der Waals surface area contributed by atoms with Crippen LogP contribution in [0.3, 0.4) is 0 Å². The monoisotopic (exact) mass is 198 g/mol. The Morgan fingerprint density at radius 2 is 2.21 bits per heavy atom. The second-order valence-corrected chi connectivity index (χ2v) is 4.76. The van der Waals surface area contributed by atoms with Crippen molar-refractivity contribution in [1.82, 2.24) is 10.2 Å². The molecule has 1 aliphatic carbocycles. The van der Waals surface area contributed by atoms with Gasteiger partial charge in [-0.3, -0.25) is 4.90 Å². The maximum Gasteiger partial charge on any atom is 0.0826 e. The highest BCUT2D eigenvalue weighted by atomic mass is 16.5. The highest BCUT2D eigenvalue weighted by Crippen LogP contribution is 2.19. The third-order valence-electron chi connectivity index (χ3n) is 3.11. The molecule has 14 heavy (non-hydrogen) atoms. The summed E-state index contributed by atoms with van der Waals surface area (Å²) in [6.45, 7) is 8.64. The van der Waals surface area contributed by atoms with Crippen molar-refractivity contribution in [3.63, 3.8) is 0 Å². The minimum absolute atomic E-state index is 0.409. The minimum Gasteiger partial charge on any atom is -0.374 e. The zero-order valence-electron chi connectivity index (χ0n) is 9.33. The lowest BCUT2D eigenvalue weighted by Gasteiger charge is -2.35. The first-order chi connectivity index (χ1) is 6.75. The molecule has 2 aliphatic rings. The number of hydrogen-bond donors (Lipinski definition) is 1. The first-order valence-corrected chi connectivity index (χ1v) is 5.84. The summed E-state index contributed by atoms with van der Waals surface area (Å²) in [5, 5.41) is 3.53. The molecule has 0 unspecified atom stereocenters.